The molecule has 0 fully saturated rings. The van der Waals surface area contributed by atoms with E-state index < -0.39 is 28.0 Å². The first-order chi connectivity index (χ1) is 11.2. The molecular weight excluding hydrogens is 331 g/mol. The molecule has 24 heavy (non-hydrogen) atoms. The second-order valence-corrected chi connectivity index (χ2v) is 7.65. The largest absolute Gasteiger partial charge is 0.326 e. The number of sulfonamides is 1. The molecule has 7 heteroatoms. The van der Waals surface area contributed by atoms with Crippen LogP contribution in [0.15, 0.2) is 59.5 Å². The van der Waals surface area contributed by atoms with Gasteiger partial charge in [0.25, 0.3) is 10.0 Å². The number of benzene rings is 2. The lowest BCUT2D eigenvalue weighted by molar-refractivity contribution is -0.124. The van der Waals surface area contributed by atoms with Gasteiger partial charge in [-0.15, -0.1) is 0 Å². The summed E-state index contributed by atoms with van der Waals surface area (Å²) in [4.78, 5) is 12.1. The second kappa shape index (κ2) is 7.00. The van der Waals surface area contributed by atoms with E-state index in [1.807, 2.05) is 0 Å². The molecule has 0 heterocycles. The Labute approximate surface area is 141 Å². The molecule has 1 amide bonds. The van der Waals surface area contributed by atoms with Crippen molar-refractivity contribution < 1.29 is 17.6 Å². The Hall–Kier alpha value is -2.41. The third-order valence-electron chi connectivity index (χ3n) is 3.40. The highest BCUT2D eigenvalue weighted by atomic mass is 32.2. The van der Waals surface area contributed by atoms with Gasteiger partial charge in [0.1, 0.15) is 6.67 Å². The van der Waals surface area contributed by atoms with Crippen LogP contribution in [0.3, 0.4) is 0 Å². The van der Waals surface area contributed by atoms with Gasteiger partial charge < -0.3 is 5.32 Å². The normalized spacial score (nSPS) is 11.8. The zero-order valence-electron chi connectivity index (χ0n) is 13.4. The average Bonchev–Trinajstić information content (AvgIpc) is 2.57. The van der Waals surface area contributed by atoms with Crippen molar-refractivity contribution in [1.29, 1.82) is 0 Å². The molecular formula is C17H19FN2O3S. The molecule has 0 unspecified atom stereocenters. The van der Waals surface area contributed by atoms with Crippen LogP contribution in [0.25, 0.3) is 0 Å². The Morgan fingerprint density at radius 1 is 1.00 bits per heavy atom. The van der Waals surface area contributed by atoms with Gasteiger partial charge in [-0.3, -0.25) is 9.52 Å². The number of alkyl halides is 1. The van der Waals surface area contributed by atoms with Gasteiger partial charge in [0.2, 0.25) is 5.91 Å². The zero-order chi connectivity index (χ0) is 17.8. The number of hydrogen-bond donors (Lipinski definition) is 2. The number of carbonyl (C=O) groups excluding carboxylic acids is 1. The zero-order valence-corrected chi connectivity index (χ0v) is 14.2. The smallest absolute Gasteiger partial charge is 0.261 e. The molecule has 5 nitrogen and oxygen atoms in total. The first-order valence-corrected chi connectivity index (χ1v) is 8.78. The molecule has 0 saturated heterocycles. The Kier molecular flexibility index (Phi) is 5.23. The standard InChI is InChI=1S/C17H19FN2O3S/c1-17(2,12-18)16(21)19-13-8-10-14(11-9-13)20-24(22,23)15-6-4-3-5-7-15/h3-11,20H,12H2,1-2H3,(H,19,21). The van der Waals surface area contributed by atoms with E-state index in [4.69, 9.17) is 0 Å². The van der Waals surface area contributed by atoms with E-state index in [1.165, 1.54) is 38.1 Å². The van der Waals surface area contributed by atoms with E-state index in [2.05, 4.69) is 10.0 Å². The summed E-state index contributed by atoms with van der Waals surface area (Å²) in [5.41, 5.74) is -0.293. The summed E-state index contributed by atoms with van der Waals surface area (Å²) in [7, 11) is -3.66. The molecule has 0 saturated carbocycles. The summed E-state index contributed by atoms with van der Waals surface area (Å²) in [6.45, 7) is 2.24. The van der Waals surface area contributed by atoms with E-state index in [9.17, 15) is 17.6 Å². The van der Waals surface area contributed by atoms with Crippen LogP contribution in [-0.4, -0.2) is 21.0 Å². The SMILES string of the molecule is CC(C)(CF)C(=O)Nc1ccc(NS(=O)(=O)c2ccccc2)cc1. The molecule has 0 bridgehead atoms. The van der Waals surface area contributed by atoms with Gasteiger partial charge in [0.15, 0.2) is 0 Å². The maximum absolute atomic E-state index is 12.8. The molecule has 2 aromatic rings. The van der Waals surface area contributed by atoms with E-state index in [0.717, 1.165) is 0 Å². The van der Waals surface area contributed by atoms with Crippen molar-refractivity contribution in [2.45, 2.75) is 18.7 Å². The van der Waals surface area contributed by atoms with Crippen molar-refractivity contribution in [1.82, 2.24) is 0 Å². The number of anilines is 2. The van der Waals surface area contributed by atoms with Gasteiger partial charge in [0, 0.05) is 11.4 Å². The van der Waals surface area contributed by atoms with Gasteiger partial charge in [-0.2, -0.15) is 0 Å². The second-order valence-electron chi connectivity index (χ2n) is 5.97. The number of carbonyl (C=O) groups is 1. The summed E-state index contributed by atoms with van der Waals surface area (Å²) in [5, 5.41) is 2.60. The molecule has 0 aliphatic heterocycles. The van der Waals surface area contributed by atoms with Crippen molar-refractivity contribution >= 4 is 27.3 Å². The van der Waals surface area contributed by atoms with Gasteiger partial charge in [-0.1, -0.05) is 18.2 Å². The lowest BCUT2D eigenvalue weighted by Crippen LogP contribution is -2.32. The lowest BCUT2D eigenvalue weighted by atomic mass is 9.94. The molecule has 128 valence electrons. The topological polar surface area (TPSA) is 75.3 Å². The fourth-order valence-electron chi connectivity index (χ4n) is 1.80. The van der Waals surface area contributed by atoms with E-state index in [-0.39, 0.29) is 4.90 Å². The quantitative estimate of drug-likeness (QED) is 0.838. The first-order valence-electron chi connectivity index (χ1n) is 7.30. The summed E-state index contributed by atoms with van der Waals surface area (Å²) in [5.74, 6) is -0.442. The van der Waals surface area contributed by atoms with Crippen molar-refractivity contribution in [3.8, 4) is 0 Å². The molecule has 0 atom stereocenters. The average molecular weight is 350 g/mol. The molecule has 0 aliphatic carbocycles. The number of hydrogen-bond acceptors (Lipinski definition) is 3. The number of halogens is 1. The third-order valence-corrected chi connectivity index (χ3v) is 4.79. The molecule has 2 aromatic carbocycles. The van der Waals surface area contributed by atoms with Gasteiger partial charge in [-0.05, 0) is 50.2 Å². The fraction of sp³-hybridized carbons (Fsp3) is 0.235. The monoisotopic (exact) mass is 350 g/mol. The first kappa shape index (κ1) is 17.9. The summed E-state index contributed by atoms with van der Waals surface area (Å²) in [6, 6.07) is 14.2. The van der Waals surface area contributed by atoms with Gasteiger partial charge in [-0.25, -0.2) is 12.8 Å². The predicted octanol–water partition coefficient (Wildman–Crippen LogP) is 3.42. The maximum Gasteiger partial charge on any atom is 0.261 e. The van der Waals surface area contributed by atoms with E-state index in [1.54, 1.807) is 30.3 Å². The minimum absolute atomic E-state index is 0.159. The van der Waals surface area contributed by atoms with Crippen molar-refractivity contribution in [2.24, 2.45) is 5.41 Å². The van der Waals surface area contributed by atoms with Crippen LogP contribution in [0.2, 0.25) is 0 Å². The van der Waals surface area contributed by atoms with Crippen molar-refractivity contribution in [2.75, 3.05) is 16.7 Å². The number of amides is 1. The maximum atomic E-state index is 12.8. The van der Waals surface area contributed by atoms with E-state index >= 15 is 0 Å². The van der Waals surface area contributed by atoms with Crippen LogP contribution in [0.4, 0.5) is 15.8 Å². The summed E-state index contributed by atoms with van der Waals surface area (Å²) in [6.07, 6.45) is 0. The Bertz CT molecular complexity index is 803. The minimum atomic E-state index is -3.66. The predicted molar refractivity (Wildman–Crippen MR) is 92.1 cm³/mol. The van der Waals surface area contributed by atoms with Crippen molar-refractivity contribution in [3.63, 3.8) is 0 Å². The molecule has 0 spiro atoms. The van der Waals surface area contributed by atoms with Gasteiger partial charge >= 0.3 is 0 Å². The molecule has 2 N–H and O–H groups in total. The molecule has 0 aliphatic rings. The Morgan fingerprint density at radius 2 is 1.54 bits per heavy atom. The van der Waals surface area contributed by atoms with Crippen LogP contribution in [0, 0.1) is 5.41 Å². The molecule has 2 rings (SSSR count). The Balaban J connectivity index is 2.09. The molecule has 0 aromatic heterocycles. The summed E-state index contributed by atoms with van der Waals surface area (Å²) < 4.78 is 39.7. The van der Waals surface area contributed by atoms with Crippen LogP contribution < -0.4 is 10.0 Å². The van der Waals surface area contributed by atoms with Crippen LogP contribution in [0.1, 0.15) is 13.8 Å². The highest BCUT2D eigenvalue weighted by Crippen LogP contribution is 2.21. The summed E-state index contributed by atoms with van der Waals surface area (Å²) >= 11 is 0. The van der Waals surface area contributed by atoms with E-state index in [0.29, 0.717) is 11.4 Å². The van der Waals surface area contributed by atoms with Crippen LogP contribution >= 0.6 is 0 Å². The fourth-order valence-corrected chi connectivity index (χ4v) is 2.88. The number of rotatable bonds is 6. The molecule has 0 radical (unpaired) electrons. The minimum Gasteiger partial charge on any atom is -0.326 e. The number of nitrogens with one attached hydrogen (secondary N) is 2. The van der Waals surface area contributed by atoms with Crippen molar-refractivity contribution in [3.05, 3.63) is 54.6 Å². The highest BCUT2D eigenvalue weighted by molar-refractivity contribution is 7.92. The highest BCUT2D eigenvalue weighted by Gasteiger charge is 2.27. The van der Waals surface area contributed by atoms with Crippen LogP contribution in [0.5, 0.6) is 0 Å². The lowest BCUT2D eigenvalue weighted by Gasteiger charge is -2.19. The van der Waals surface area contributed by atoms with Crippen LogP contribution in [-0.2, 0) is 14.8 Å². The third kappa shape index (κ3) is 4.32. The van der Waals surface area contributed by atoms with Gasteiger partial charge in [0.05, 0.1) is 10.3 Å². The Morgan fingerprint density at radius 3 is 2.08 bits per heavy atom.